The zero-order valence-corrected chi connectivity index (χ0v) is 8.11. The number of nitrogens with one attached hydrogen (secondary N) is 1. The Bertz CT molecular complexity index is 551. The number of alkyl halides is 6. The molecule has 0 radical (unpaired) electrons. The maximum absolute atomic E-state index is 12.4. The summed E-state index contributed by atoms with van der Waals surface area (Å²) in [7, 11) is 0. The molecule has 0 atom stereocenters. The molecule has 18 heavy (non-hydrogen) atoms. The van der Waals surface area contributed by atoms with Gasteiger partial charge in [0.05, 0.1) is 0 Å². The van der Waals surface area contributed by atoms with Crippen LogP contribution in [0.2, 0.25) is 0 Å². The summed E-state index contributed by atoms with van der Waals surface area (Å²) in [5.41, 5.74) is -4.60. The highest BCUT2D eigenvalue weighted by Gasteiger charge is 2.41. The Morgan fingerprint density at radius 3 is 2.17 bits per heavy atom. The molecule has 1 aromatic rings. The molecule has 0 aliphatic rings. The number of aromatic nitrogens is 1. The van der Waals surface area contributed by atoms with E-state index >= 15 is 0 Å². The van der Waals surface area contributed by atoms with E-state index in [0.717, 1.165) is 6.07 Å². The van der Waals surface area contributed by atoms with Crippen LogP contribution in [0.3, 0.4) is 0 Å². The minimum absolute atomic E-state index is 0.123. The molecule has 0 amide bonds. The van der Waals surface area contributed by atoms with Crippen molar-refractivity contribution in [3.8, 4) is 11.8 Å². The van der Waals surface area contributed by atoms with Crippen molar-refractivity contribution in [1.29, 1.82) is 5.26 Å². The molecule has 1 rings (SSSR count). The van der Waals surface area contributed by atoms with Gasteiger partial charge in [0.25, 0.3) is 0 Å². The summed E-state index contributed by atoms with van der Waals surface area (Å²) in [6, 6.07) is 0.868. The third-order valence-electron chi connectivity index (χ3n) is 1.63. The zero-order chi connectivity index (χ0) is 14.1. The molecular weight excluding hydrogens is 270 g/mol. The van der Waals surface area contributed by atoms with E-state index in [-0.39, 0.29) is 6.07 Å². The first-order valence-electron chi connectivity index (χ1n) is 4.05. The lowest BCUT2D eigenvalue weighted by atomic mass is 10.2. The predicted molar refractivity (Wildman–Crippen MR) is 43.5 cm³/mol. The fraction of sp³-hybridized carbons (Fsp3) is 0.250. The van der Waals surface area contributed by atoms with Crippen LogP contribution in [0.15, 0.2) is 10.9 Å². The molecule has 0 spiro atoms. The zero-order valence-electron chi connectivity index (χ0n) is 8.11. The highest BCUT2D eigenvalue weighted by molar-refractivity contribution is 5.45. The van der Waals surface area contributed by atoms with E-state index in [1.165, 1.54) is 4.98 Å². The van der Waals surface area contributed by atoms with Gasteiger partial charge in [0, 0.05) is 6.07 Å². The number of nitrogens with zero attached hydrogens (tertiary/aromatic N) is 1. The van der Waals surface area contributed by atoms with Gasteiger partial charge in [0.15, 0.2) is 11.4 Å². The molecule has 0 saturated heterocycles. The molecule has 0 unspecified atom stereocenters. The van der Waals surface area contributed by atoms with Gasteiger partial charge in [-0.1, -0.05) is 0 Å². The number of hydrogen-bond acceptors (Lipinski definition) is 3. The third kappa shape index (κ3) is 3.16. The molecule has 1 aromatic heterocycles. The first-order valence-corrected chi connectivity index (χ1v) is 4.05. The molecule has 10 heteroatoms. The molecule has 1 N–H and O–H groups in total. The molecule has 4 nitrogen and oxygen atoms in total. The Balaban J connectivity index is 3.55. The normalized spacial score (nSPS) is 12.1. The number of rotatable bonds is 1. The topological polar surface area (TPSA) is 65.9 Å². The van der Waals surface area contributed by atoms with E-state index in [2.05, 4.69) is 4.74 Å². The summed E-state index contributed by atoms with van der Waals surface area (Å²) >= 11 is 0. The summed E-state index contributed by atoms with van der Waals surface area (Å²) in [4.78, 5) is 12.3. The van der Waals surface area contributed by atoms with Crippen LogP contribution in [-0.4, -0.2) is 11.3 Å². The van der Waals surface area contributed by atoms with Gasteiger partial charge < -0.3 is 9.72 Å². The SMILES string of the molecule is N#Cc1[nH]c(=O)cc(C(F)(F)F)c1OC(F)(F)F. The van der Waals surface area contributed by atoms with E-state index in [0.29, 0.717) is 0 Å². The Hall–Kier alpha value is -2.18. The van der Waals surface area contributed by atoms with Crippen molar-refractivity contribution in [2.24, 2.45) is 0 Å². The van der Waals surface area contributed by atoms with E-state index in [4.69, 9.17) is 5.26 Å². The van der Waals surface area contributed by atoms with E-state index in [1.807, 2.05) is 0 Å². The smallest absolute Gasteiger partial charge is 0.402 e. The predicted octanol–water partition coefficient (Wildman–Crippen LogP) is 2.16. The monoisotopic (exact) mass is 272 g/mol. The van der Waals surface area contributed by atoms with Crippen LogP contribution in [0.5, 0.6) is 5.75 Å². The molecule has 0 aliphatic carbocycles. The molecule has 0 fully saturated rings. The molecular formula is C8H2F6N2O2. The second-order valence-corrected chi connectivity index (χ2v) is 2.91. The van der Waals surface area contributed by atoms with Gasteiger partial charge in [-0.25, -0.2) is 0 Å². The van der Waals surface area contributed by atoms with E-state index in [1.54, 1.807) is 0 Å². The van der Waals surface area contributed by atoms with Gasteiger partial charge in [0.2, 0.25) is 5.56 Å². The number of ether oxygens (including phenoxy) is 1. The number of hydrogen-bond donors (Lipinski definition) is 1. The van der Waals surface area contributed by atoms with Crippen molar-refractivity contribution < 1.29 is 31.1 Å². The summed E-state index contributed by atoms with van der Waals surface area (Å²) in [5.74, 6) is -1.78. The number of pyridine rings is 1. The molecule has 0 saturated carbocycles. The van der Waals surface area contributed by atoms with E-state index < -0.39 is 35.1 Å². The lowest BCUT2D eigenvalue weighted by Gasteiger charge is -2.15. The van der Waals surface area contributed by atoms with Crippen LogP contribution in [0.4, 0.5) is 26.3 Å². The van der Waals surface area contributed by atoms with Gasteiger partial charge in [-0.15, -0.1) is 13.2 Å². The maximum atomic E-state index is 12.4. The fourth-order valence-electron chi connectivity index (χ4n) is 1.06. The average Bonchev–Trinajstić information content (AvgIpc) is 2.16. The Morgan fingerprint density at radius 1 is 1.22 bits per heavy atom. The lowest BCUT2D eigenvalue weighted by molar-refractivity contribution is -0.276. The molecule has 0 bridgehead atoms. The third-order valence-corrected chi connectivity index (χ3v) is 1.63. The van der Waals surface area contributed by atoms with Crippen LogP contribution >= 0.6 is 0 Å². The quantitative estimate of drug-likeness (QED) is 0.796. The highest BCUT2D eigenvalue weighted by Crippen LogP contribution is 2.38. The second kappa shape index (κ2) is 4.25. The van der Waals surface area contributed by atoms with Crippen molar-refractivity contribution in [1.82, 2.24) is 4.98 Å². The Kier molecular flexibility index (Phi) is 3.27. The largest absolute Gasteiger partial charge is 0.573 e. The lowest BCUT2D eigenvalue weighted by Crippen LogP contribution is -2.24. The standard InChI is InChI=1S/C8H2F6N2O2/c9-7(10,11)3-1-5(17)16-4(2-15)6(3)18-8(12,13)14/h1H,(H,16,17). The summed E-state index contributed by atoms with van der Waals surface area (Å²) in [6.07, 6.45) is -10.7. The number of halogens is 6. The van der Waals surface area contributed by atoms with Crippen molar-refractivity contribution >= 4 is 0 Å². The van der Waals surface area contributed by atoms with Crippen LogP contribution in [0, 0.1) is 11.3 Å². The summed E-state index contributed by atoms with van der Waals surface area (Å²) < 4.78 is 76.2. The minimum atomic E-state index is -5.43. The molecule has 98 valence electrons. The number of H-pyrrole nitrogens is 1. The maximum Gasteiger partial charge on any atom is 0.573 e. The molecule has 1 heterocycles. The Morgan fingerprint density at radius 2 is 1.78 bits per heavy atom. The van der Waals surface area contributed by atoms with Crippen LogP contribution in [0.1, 0.15) is 11.3 Å². The average molecular weight is 272 g/mol. The number of nitriles is 1. The van der Waals surface area contributed by atoms with Gasteiger partial charge >= 0.3 is 12.5 Å². The van der Waals surface area contributed by atoms with Crippen molar-refractivity contribution in [2.45, 2.75) is 12.5 Å². The van der Waals surface area contributed by atoms with Crippen LogP contribution < -0.4 is 10.3 Å². The summed E-state index contributed by atoms with van der Waals surface area (Å²) in [6.45, 7) is 0. The van der Waals surface area contributed by atoms with Gasteiger partial charge in [-0.2, -0.15) is 18.4 Å². The van der Waals surface area contributed by atoms with Crippen LogP contribution in [0.25, 0.3) is 0 Å². The first kappa shape index (κ1) is 13.9. The second-order valence-electron chi connectivity index (χ2n) is 2.91. The van der Waals surface area contributed by atoms with Gasteiger partial charge in [-0.3, -0.25) is 4.79 Å². The van der Waals surface area contributed by atoms with E-state index in [9.17, 15) is 31.1 Å². The summed E-state index contributed by atoms with van der Waals surface area (Å²) in [5, 5.41) is 8.40. The number of aromatic amines is 1. The molecule has 0 aliphatic heterocycles. The minimum Gasteiger partial charge on any atom is -0.402 e. The first-order chi connectivity index (χ1) is 8.04. The van der Waals surface area contributed by atoms with Crippen molar-refractivity contribution in [2.75, 3.05) is 0 Å². The Labute approximate surface area is 94.4 Å². The van der Waals surface area contributed by atoms with Crippen LogP contribution in [-0.2, 0) is 6.18 Å². The van der Waals surface area contributed by atoms with Gasteiger partial charge in [-0.05, 0) is 0 Å². The van der Waals surface area contributed by atoms with Gasteiger partial charge in [0.1, 0.15) is 11.6 Å². The van der Waals surface area contributed by atoms with Crippen molar-refractivity contribution in [3.63, 3.8) is 0 Å². The fourth-order valence-corrected chi connectivity index (χ4v) is 1.06. The molecule has 0 aromatic carbocycles. The highest BCUT2D eigenvalue weighted by atomic mass is 19.4. The van der Waals surface area contributed by atoms with Crippen molar-refractivity contribution in [3.05, 3.63) is 27.7 Å².